The van der Waals surface area contributed by atoms with Crippen LogP contribution in [0.2, 0.25) is 0 Å². The van der Waals surface area contributed by atoms with E-state index in [2.05, 4.69) is 0 Å². The van der Waals surface area contributed by atoms with Crippen LogP contribution in [-0.2, 0) is 16.0 Å². The normalized spacial score (nSPS) is 15.7. The van der Waals surface area contributed by atoms with Gasteiger partial charge in [-0.3, -0.25) is 25.8 Å². The number of benzene rings is 1. The van der Waals surface area contributed by atoms with Crippen LogP contribution in [0.1, 0.15) is 49.9 Å². The summed E-state index contributed by atoms with van der Waals surface area (Å²) in [5, 5.41) is 16.9. The predicted molar refractivity (Wildman–Crippen MR) is 101 cm³/mol. The van der Waals surface area contributed by atoms with Crippen molar-refractivity contribution < 1.29 is 19.5 Å². The van der Waals surface area contributed by atoms with E-state index in [1.807, 2.05) is 11.5 Å². The van der Waals surface area contributed by atoms with Crippen molar-refractivity contribution in [3.05, 3.63) is 34.9 Å². The average Bonchev–Trinajstić information content (AvgIpc) is 3.00. The van der Waals surface area contributed by atoms with Crippen LogP contribution in [0.5, 0.6) is 0 Å². The highest BCUT2D eigenvalue weighted by Crippen LogP contribution is 2.38. The molecule has 0 aromatic heterocycles. The topological polar surface area (TPSA) is 106 Å². The lowest BCUT2D eigenvalue weighted by Crippen LogP contribution is -2.44. The fourth-order valence-electron chi connectivity index (χ4n) is 3.16. The van der Waals surface area contributed by atoms with E-state index < -0.39 is 11.7 Å². The third-order valence-corrected chi connectivity index (χ3v) is 4.43. The number of rotatable bonds is 4. The van der Waals surface area contributed by atoms with Crippen molar-refractivity contribution in [2.75, 3.05) is 20.6 Å². The number of amidine groups is 1. The maximum atomic E-state index is 12.8. The highest BCUT2D eigenvalue weighted by Gasteiger charge is 2.36. The molecule has 3 N–H and O–H groups in total. The van der Waals surface area contributed by atoms with E-state index in [9.17, 15) is 9.59 Å². The van der Waals surface area contributed by atoms with Crippen LogP contribution in [-0.4, -0.2) is 59.1 Å². The number of ether oxygens (including phenoxy) is 1. The van der Waals surface area contributed by atoms with E-state index in [0.717, 1.165) is 11.1 Å². The summed E-state index contributed by atoms with van der Waals surface area (Å²) in [6.45, 7) is 5.26. The van der Waals surface area contributed by atoms with Crippen molar-refractivity contribution in [2.24, 2.45) is 0 Å². The van der Waals surface area contributed by atoms with Gasteiger partial charge in [0.05, 0.1) is 6.04 Å². The summed E-state index contributed by atoms with van der Waals surface area (Å²) in [6, 6.07) is 5.08. The molecule has 148 valence electrons. The van der Waals surface area contributed by atoms with E-state index in [1.165, 1.54) is 9.80 Å². The van der Waals surface area contributed by atoms with Gasteiger partial charge in [-0.1, -0.05) is 18.2 Å². The molecule has 1 aromatic rings. The van der Waals surface area contributed by atoms with Gasteiger partial charge in [0.15, 0.2) is 0 Å². The van der Waals surface area contributed by atoms with Gasteiger partial charge < -0.3 is 9.64 Å². The van der Waals surface area contributed by atoms with Gasteiger partial charge >= 0.3 is 6.09 Å². The van der Waals surface area contributed by atoms with E-state index in [1.54, 1.807) is 47.0 Å². The Morgan fingerprint density at radius 3 is 2.56 bits per heavy atom. The largest absolute Gasteiger partial charge is 0.444 e. The zero-order valence-electron chi connectivity index (χ0n) is 16.5. The van der Waals surface area contributed by atoms with Crippen molar-refractivity contribution in [3.63, 3.8) is 0 Å². The van der Waals surface area contributed by atoms with Crippen molar-refractivity contribution in [2.45, 2.75) is 45.3 Å². The van der Waals surface area contributed by atoms with Crippen LogP contribution in [0.4, 0.5) is 4.79 Å². The zero-order chi connectivity index (χ0) is 20.4. The minimum absolute atomic E-state index is 0.0913. The molecule has 0 aliphatic heterocycles. The summed E-state index contributed by atoms with van der Waals surface area (Å²) < 4.78 is 5.53. The molecular formula is C19H28N4O4. The number of carbonyl (C=O) groups excluding carboxylic acids is 2. The van der Waals surface area contributed by atoms with E-state index in [0.29, 0.717) is 18.4 Å². The summed E-state index contributed by atoms with van der Waals surface area (Å²) in [4.78, 5) is 28.0. The average molecular weight is 376 g/mol. The first-order valence-electron chi connectivity index (χ1n) is 8.85. The number of likely N-dealkylation sites (N-methyl/N-ethyl adjacent to an activating group) is 1. The zero-order valence-corrected chi connectivity index (χ0v) is 16.5. The summed E-state index contributed by atoms with van der Waals surface area (Å²) >= 11 is 0. The quantitative estimate of drug-likeness (QED) is 0.425. The van der Waals surface area contributed by atoms with Gasteiger partial charge in [0.25, 0.3) is 0 Å². The number of carbonyl (C=O) groups is 2. The highest BCUT2D eigenvalue weighted by molar-refractivity contribution is 5.97. The summed E-state index contributed by atoms with van der Waals surface area (Å²) in [6.07, 6.45) is 0.706. The summed E-state index contributed by atoms with van der Waals surface area (Å²) in [5.74, 6) is -0.295. The molecule has 8 heteroatoms. The SMILES string of the molecule is CN(C)C(=O)CN(C(=O)OC(C)(C)C)[C@H]1CCc2c(C(=N)NO)cccc21. The van der Waals surface area contributed by atoms with Crippen molar-refractivity contribution in [3.8, 4) is 0 Å². The van der Waals surface area contributed by atoms with Crippen molar-refractivity contribution in [1.82, 2.24) is 15.3 Å². The Morgan fingerprint density at radius 2 is 2.00 bits per heavy atom. The van der Waals surface area contributed by atoms with Gasteiger partial charge in [0, 0.05) is 19.7 Å². The van der Waals surface area contributed by atoms with Crippen LogP contribution >= 0.6 is 0 Å². The van der Waals surface area contributed by atoms with Gasteiger partial charge in [-0.15, -0.1) is 0 Å². The molecule has 27 heavy (non-hydrogen) atoms. The predicted octanol–water partition coefficient (Wildman–Crippen LogP) is 2.30. The molecule has 0 saturated carbocycles. The lowest BCUT2D eigenvalue weighted by Gasteiger charge is -2.32. The fourth-order valence-corrected chi connectivity index (χ4v) is 3.16. The number of amides is 2. The molecule has 0 fully saturated rings. The number of fused-ring (bicyclic) bond motifs is 1. The van der Waals surface area contributed by atoms with E-state index in [-0.39, 0.29) is 24.3 Å². The Balaban J connectivity index is 2.40. The second kappa shape index (κ2) is 7.96. The van der Waals surface area contributed by atoms with E-state index in [4.69, 9.17) is 15.4 Å². The molecule has 0 spiro atoms. The monoisotopic (exact) mass is 376 g/mol. The number of hydrogen-bond donors (Lipinski definition) is 3. The van der Waals surface area contributed by atoms with E-state index >= 15 is 0 Å². The number of nitrogens with one attached hydrogen (secondary N) is 2. The maximum absolute atomic E-state index is 12.8. The van der Waals surface area contributed by atoms with Crippen molar-refractivity contribution >= 4 is 17.8 Å². The Kier molecular flexibility index (Phi) is 6.10. The molecule has 0 bridgehead atoms. The molecule has 0 heterocycles. The highest BCUT2D eigenvalue weighted by atomic mass is 16.6. The molecule has 0 saturated heterocycles. The van der Waals surface area contributed by atoms with Crippen LogP contribution in [0.15, 0.2) is 18.2 Å². The van der Waals surface area contributed by atoms with Crippen LogP contribution in [0, 0.1) is 5.41 Å². The Labute approximate surface area is 159 Å². The minimum atomic E-state index is -0.678. The fraction of sp³-hybridized carbons (Fsp3) is 0.526. The summed E-state index contributed by atoms with van der Waals surface area (Å²) in [5.41, 5.74) is 3.53. The lowest BCUT2D eigenvalue weighted by molar-refractivity contribution is -0.130. The van der Waals surface area contributed by atoms with Gasteiger partial charge in [-0.2, -0.15) is 0 Å². The first kappa shape index (κ1) is 20.7. The molecule has 2 amide bonds. The second-order valence-corrected chi connectivity index (χ2v) is 7.81. The summed E-state index contributed by atoms with van der Waals surface area (Å²) in [7, 11) is 3.29. The van der Waals surface area contributed by atoms with Crippen molar-refractivity contribution in [1.29, 1.82) is 5.41 Å². The first-order chi connectivity index (χ1) is 12.5. The number of nitrogens with zero attached hydrogens (tertiary/aromatic N) is 2. The molecule has 2 rings (SSSR count). The third kappa shape index (κ3) is 4.77. The standard InChI is InChI=1S/C19H28N4O4/c1-19(2,3)27-18(25)23(11-16(24)22(4)5)15-10-9-12-13(15)7-6-8-14(12)17(20)21-26/h6-8,15,26H,9-11H2,1-5H3,(H2,20,21)/t15-/m0/s1. The molecule has 1 aliphatic carbocycles. The Bertz CT molecular complexity index is 740. The number of hydroxylamine groups is 1. The Morgan fingerprint density at radius 1 is 1.33 bits per heavy atom. The molecule has 1 atom stereocenters. The second-order valence-electron chi connectivity index (χ2n) is 7.81. The maximum Gasteiger partial charge on any atom is 0.411 e. The molecule has 0 radical (unpaired) electrons. The minimum Gasteiger partial charge on any atom is -0.444 e. The lowest BCUT2D eigenvalue weighted by atomic mass is 10.0. The molecule has 1 aromatic carbocycles. The first-order valence-corrected chi connectivity index (χ1v) is 8.85. The van der Waals surface area contributed by atoms with Gasteiger partial charge in [0.1, 0.15) is 18.0 Å². The third-order valence-electron chi connectivity index (χ3n) is 4.43. The van der Waals surface area contributed by atoms with Gasteiger partial charge in [0.2, 0.25) is 5.91 Å². The van der Waals surface area contributed by atoms with Crippen LogP contribution in [0.3, 0.4) is 0 Å². The smallest absolute Gasteiger partial charge is 0.411 e. The Hall–Kier alpha value is -2.61. The van der Waals surface area contributed by atoms with Gasteiger partial charge in [-0.25, -0.2) is 4.79 Å². The molecular weight excluding hydrogens is 348 g/mol. The molecule has 1 aliphatic rings. The molecule has 0 unspecified atom stereocenters. The number of hydrogen-bond acceptors (Lipinski definition) is 5. The van der Waals surface area contributed by atoms with Gasteiger partial charge in [-0.05, 0) is 44.7 Å². The van der Waals surface area contributed by atoms with Crippen LogP contribution in [0.25, 0.3) is 0 Å². The molecule has 8 nitrogen and oxygen atoms in total. The van der Waals surface area contributed by atoms with Crippen LogP contribution < -0.4 is 5.48 Å².